The highest BCUT2D eigenvalue weighted by molar-refractivity contribution is 5.74. The largest absolute Gasteiger partial charge is 0.335 e. The van der Waals surface area contributed by atoms with E-state index in [9.17, 15) is 4.79 Å². The van der Waals surface area contributed by atoms with Crippen molar-refractivity contribution >= 4 is 6.03 Å². The number of piperidine rings is 1. The molecule has 1 saturated heterocycles. The highest BCUT2D eigenvalue weighted by Crippen LogP contribution is 2.18. The van der Waals surface area contributed by atoms with Crippen molar-refractivity contribution in [1.29, 1.82) is 0 Å². The van der Waals surface area contributed by atoms with Crippen LogP contribution in [0, 0.1) is 5.92 Å². The molecule has 2 atom stereocenters. The van der Waals surface area contributed by atoms with Crippen LogP contribution in [0.3, 0.4) is 0 Å². The molecular formula is C13H25N3O. The van der Waals surface area contributed by atoms with Crippen LogP contribution in [0.4, 0.5) is 4.79 Å². The van der Waals surface area contributed by atoms with E-state index in [1.165, 1.54) is 25.7 Å². The summed E-state index contributed by atoms with van der Waals surface area (Å²) in [7, 11) is 0. The molecule has 2 amide bonds. The minimum atomic E-state index is 0.0231. The lowest BCUT2D eigenvalue weighted by Gasteiger charge is -2.29. The van der Waals surface area contributed by atoms with E-state index in [0.29, 0.717) is 12.0 Å². The molecule has 2 unspecified atom stereocenters. The molecule has 98 valence electrons. The Morgan fingerprint density at radius 3 is 2.65 bits per heavy atom. The van der Waals surface area contributed by atoms with Crippen molar-refractivity contribution in [2.75, 3.05) is 13.1 Å². The Bertz CT molecular complexity index is 245. The normalized spacial score (nSPS) is 27.7. The molecule has 4 heteroatoms. The number of carbonyl (C=O) groups excluding carboxylic acids is 1. The molecule has 0 radical (unpaired) electrons. The predicted molar refractivity (Wildman–Crippen MR) is 69.0 cm³/mol. The van der Waals surface area contributed by atoms with E-state index in [1.54, 1.807) is 0 Å². The van der Waals surface area contributed by atoms with Crippen LogP contribution in [0.1, 0.15) is 45.4 Å². The lowest BCUT2D eigenvalue weighted by molar-refractivity contribution is 0.224. The van der Waals surface area contributed by atoms with Crippen molar-refractivity contribution in [2.45, 2.75) is 57.5 Å². The van der Waals surface area contributed by atoms with E-state index < -0.39 is 0 Å². The van der Waals surface area contributed by atoms with Crippen LogP contribution in [0.15, 0.2) is 0 Å². The maximum Gasteiger partial charge on any atom is 0.315 e. The van der Waals surface area contributed by atoms with E-state index in [4.69, 9.17) is 0 Å². The van der Waals surface area contributed by atoms with Gasteiger partial charge in [0.25, 0.3) is 0 Å². The average molecular weight is 239 g/mol. The van der Waals surface area contributed by atoms with Crippen LogP contribution in [-0.2, 0) is 0 Å². The van der Waals surface area contributed by atoms with Gasteiger partial charge in [0, 0.05) is 12.1 Å². The number of hydrogen-bond donors (Lipinski definition) is 3. The van der Waals surface area contributed by atoms with Gasteiger partial charge >= 0.3 is 6.03 Å². The summed E-state index contributed by atoms with van der Waals surface area (Å²) in [5.41, 5.74) is 0. The zero-order valence-electron chi connectivity index (χ0n) is 10.8. The lowest BCUT2D eigenvalue weighted by atomic mass is 9.93. The molecule has 2 aliphatic rings. The molecule has 1 heterocycles. The van der Waals surface area contributed by atoms with Gasteiger partial charge in [-0.05, 0) is 51.6 Å². The Kier molecular flexibility index (Phi) is 4.66. The summed E-state index contributed by atoms with van der Waals surface area (Å²) in [6.45, 7) is 4.27. The summed E-state index contributed by atoms with van der Waals surface area (Å²) >= 11 is 0. The summed E-state index contributed by atoms with van der Waals surface area (Å²) < 4.78 is 0. The minimum Gasteiger partial charge on any atom is -0.335 e. The van der Waals surface area contributed by atoms with Gasteiger partial charge in [-0.3, -0.25) is 0 Å². The molecule has 0 aromatic heterocycles. The number of carbonyl (C=O) groups is 1. The Balaban J connectivity index is 1.69. The first-order valence-electron chi connectivity index (χ1n) is 7.03. The molecule has 0 spiro atoms. The number of urea groups is 1. The van der Waals surface area contributed by atoms with Crippen molar-refractivity contribution in [3.8, 4) is 0 Å². The summed E-state index contributed by atoms with van der Waals surface area (Å²) in [5.74, 6) is 0.582. The maximum atomic E-state index is 11.8. The van der Waals surface area contributed by atoms with E-state index >= 15 is 0 Å². The molecule has 1 aliphatic carbocycles. The highest BCUT2D eigenvalue weighted by atomic mass is 16.2. The number of hydrogen-bond acceptors (Lipinski definition) is 2. The highest BCUT2D eigenvalue weighted by Gasteiger charge is 2.23. The summed E-state index contributed by atoms with van der Waals surface area (Å²) in [6.07, 6.45) is 7.25. The molecule has 0 bridgehead atoms. The van der Waals surface area contributed by atoms with Crippen LogP contribution in [0.25, 0.3) is 0 Å². The molecular weight excluding hydrogens is 214 g/mol. The van der Waals surface area contributed by atoms with Crippen LogP contribution >= 0.6 is 0 Å². The zero-order chi connectivity index (χ0) is 12.1. The Morgan fingerprint density at radius 1 is 1.24 bits per heavy atom. The Hall–Kier alpha value is -0.770. The van der Waals surface area contributed by atoms with Gasteiger partial charge in [0.05, 0.1) is 0 Å². The molecule has 1 saturated carbocycles. The van der Waals surface area contributed by atoms with Crippen LogP contribution < -0.4 is 16.0 Å². The van der Waals surface area contributed by atoms with E-state index in [1.807, 2.05) is 0 Å². The van der Waals surface area contributed by atoms with Gasteiger partial charge in [-0.25, -0.2) is 4.79 Å². The van der Waals surface area contributed by atoms with Gasteiger partial charge in [0.1, 0.15) is 0 Å². The average Bonchev–Trinajstić information content (AvgIpc) is 2.82. The fourth-order valence-electron chi connectivity index (χ4n) is 2.93. The molecule has 2 fully saturated rings. The quantitative estimate of drug-likeness (QED) is 0.701. The van der Waals surface area contributed by atoms with Gasteiger partial charge in [0.2, 0.25) is 0 Å². The second kappa shape index (κ2) is 6.24. The Labute approximate surface area is 104 Å². The van der Waals surface area contributed by atoms with Crippen molar-refractivity contribution in [3.63, 3.8) is 0 Å². The van der Waals surface area contributed by atoms with Crippen LogP contribution in [0.2, 0.25) is 0 Å². The standard InChI is InChI=1S/C13H25N3O/c1-10(11-5-4-8-14-9-11)15-13(17)16-12-6-2-3-7-12/h10-12,14H,2-9H2,1H3,(H2,15,16,17). The molecule has 1 aliphatic heterocycles. The van der Waals surface area contributed by atoms with Crippen LogP contribution in [-0.4, -0.2) is 31.2 Å². The third-order valence-corrected chi connectivity index (χ3v) is 4.09. The molecule has 17 heavy (non-hydrogen) atoms. The number of nitrogens with one attached hydrogen (secondary N) is 3. The first-order valence-corrected chi connectivity index (χ1v) is 7.03. The maximum absolute atomic E-state index is 11.8. The number of amides is 2. The van der Waals surface area contributed by atoms with E-state index in [-0.39, 0.29) is 12.1 Å². The summed E-state index contributed by atoms with van der Waals surface area (Å²) in [6, 6.07) is 0.700. The second-order valence-electron chi connectivity index (χ2n) is 5.49. The summed E-state index contributed by atoms with van der Waals surface area (Å²) in [4.78, 5) is 11.8. The SMILES string of the molecule is CC(NC(=O)NC1CCCC1)C1CCCNC1. The van der Waals surface area contributed by atoms with Crippen molar-refractivity contribution in [3.05, 3.63) is 0 Å². The lowest BCUT2D eigenvalue weighted by Crippen LogP contribution is -2.49. The zero-order valence-corrected chi connectivity index (χ0v) is 10.8. The fraction of sp³-hybridized carbons (Fsp3) is 0.923. The molecule has 0 aromatic rings. The van der Waals surface area contributed by atoms with Gasteiger partial charge in [-0.2, -0.15) is 0 Å². The molecule has 2 rings (SSSR count). The first kappa shape index (κ1) is 12.7. The number of rotatable bonds is 3. The van der Waals surface area contributed by atoms with Crippen molar-refractivity contribution in [1.82, 2.24) is 16.0 Å². The van der Waals surface area contributed by atoms with Gasteiger partial charge in [-0.15, -0.1) is 0 Å². The molecule has 0 aromatic carbocycles. The first-order chi connectivity index (χ1) is 8.25. The predicted octanol–water partition coefficient (Wildman–Crippen LogP) is 1.62. The van der Waals surface area contributed by atoms with Gasteiger partial charge < -0.3 is 16.0 Å². The van der Waals surface area contributed by atoms with Crippen LogP contribution in [0.5, 0.6) is 0 Å². The minimum absolute atomic E-state index is 0.0231. The third-order valence-electron chi connectivity index (χ3n) is 4.09. The van der Waals surface area contributed by atoms with E-state index in [0.717, 1.165) is 25.9 Å². The Morgan fingerprint density at radius 2 is 2.00 bits per heavy atom. The molecule has 3 N–H and O–H groups in total. The van der Waals surface area contributed by atoms with Crippen molar-refractivity contribution < 1.29 is 4.79 Å². The topological polar surface area (TPSA) is 53.2 Å². The summed E-state index contributed by atoms with van der Waals surface area (Å²) in [5, 5.41) is 9.56. The van der Waals surface area contributed by atoms with Crippen molar-refractivity contribution in [2.24, 2.45) is 5.92 Å². The van der Waals surface area contributed by atoms with E-state index in [2.05, 4.69) is 22.9 Å². The second-order valence-corrected chi connectivity index (χ2v) is 5.49. The van der Waals surface area contributed by atoms with Gasteiger partial charge in [-0.1, -0.05) is 12.8 Å². The fourth-order valence-corrected chi connectivity index (χ4v) is 2.93. The third kappa shape index (κ3) is 3.87. The monoisotopic (exact) mass is 239 g/mol. The van der Waals surface area contributed by atoms with Gasteiger partial charge in [0.15, 0.2) is 0 Å². The smallest absolute Gasteiger partial charge is 0.315 e. The molecule has 4 nitrogen and oxygen atoms in total.